The summed E-state index contributed by atoms with van der Waals surface area (Å²) in [5.41, 5.74) is 8.97. The van der Waals surface area contributed by atoms with Crippen molar-refractivity contribution in [2.24, 2.45) is 5.41 Å². The van der Waals surface area contributed by atoms with E-state index in [9.17, 15) is 9.59 Å². The van der Waals surface area contributed by atoms with Gasteiger partial charge in [-0.05, 0) is 23.1 Å². The SMILES string of the molecule is CC(C)(C)CNC(=O)N(CC(=O)Nc1ccc(-c2csc(N)n2)cc1)Cc1ccccc1. The van der Waals surface area contributed by atoms with Crippen molar-refractivity contribution in [1.82, 2.24) is 15.2 Å². The van der Waals surface area contributed by atoms with Gasteiger partial charge in [0.15, 0.2) is 5.13 Å². The van der Waals surface area contributed by atoms with Crippen molar-refractivity contribution in [3.8, 4) is 11.3 Å². The minimum absolute atomic E-state index is 0.0555. The third-order valence-corrected chi connectivity index (χ3v) is 5.27. The Hall–Kier alpha value is -3.39. The zero-order valence-electron chi connectivity index (χ0n) is 18.6. The van der Waals surface area contributed by atoms with E-state index in [1.54, 1.807) is 0 Å². The molecule has 1 heterocycles. The number of rotatable bonds is 7. The van der Waals surface area contributed by atoms with E-state index < -0.39 is 0 Å². The van der Waals surface area contributed by atoms with Crippen LogP contribution in [0.3, 0.4) is 0 Å². The lowest BCUT2D eigenvalue weighted by Crippen LogP contribution is -2.45. The molecule has 3 amide bonds. The summed E-state index contributed by atoms with van der Waals surface area (Å²) >= 11 is 1.38. The largest absolute Gasteiger partial charge is 0.375 e. The Morgan fingerprint density at radius 1 is 1.06 bits per heavy atom. The highest BCUT2D eigenvalue weighted by Crippen LogP contribution is 2.24. The standard InChI is InChI=1S/C24H29N5O2S/c1-24(2,3)16-26-23(31)29(13-17-7-5-4-6-8-17)14-21(30)27-19-11-9-18(10-12-19)20-15-32-22(25)28-20/h4-12,15H,13-14,16H2,1-3H3,(H2,25,28)(H,26,31)(H,27,30). The number of hydrogen-bond acceptors (Lipinski definition) is 5. The van der Waals surface area contributed by atoms with Crippen molar-refractivity contribution in [1.29, 1.82) is 0 Å². The van der Waals surface area contributed by atoms with Gasteiger partial charge in [-0.2, -0.15) is 0 Å². The molecule has 3 rings (SSSR count). The average molecular weight is 452 g/mol. The van der Waals surface area contributed by atoms with Crippen LogP contribution >= 0.6 is 11.3 Å². The highest BCUT2D eigenvalue weighted by Gasteiger charge is 2.20. The topological polar surface area (TPSA) is 100 Å². The van der Waals surface area contributed by atoms with Crippen LogP contribution in [0.4, 0.5) is 15.6 Å². The molecule has 0 aliphatic rings. The van der Waals surface area contributed by atoms with Crippen LogP contribution in [0.2, 0.25) is 0 Å². The molecule has 0 radical (unpaired) electrons. The molecule has 7 nitrogen and oxygen atoms in total. The molecule has 0 unspecified atom stereocenters. The van der Waals surface area contributed by atoms with Gasteiger partial charge >= 0.3 is 6.03 Å². The molecule has 32 heavy (non-hydrogen) atoms. The van der Waals surface area contributed by atoms with Crippen molar-refractivity contribution in [3.05, 3.63) is 65.5 Å². The molecular weight excluding hydrogens is 422 g/mol. The second-order valence-electron chi connectivity index (χ2n) is 8.76. The quantitative estimate of drug-likeness (QED) is 0.489. The molecule has 8 heteroatoms. The molecule has 1 aromatic heterocycles. The van der Waals surface area contributed by atoms with E-state index in [0.29, 0.717) is 23.9 Å². The van der Waals surface area contributed by atoms with Crippen LogP contribution in [-0.2, 0) is 11.3 Å². The summed E-state index contributed by atoms with van der Waals surface area (Å²) in [7, 11) is 0. The molecule has 3 aromatic rings. The maximum absolute atomic E-state index is 12.8. The predicted molar refractivity (Wildman–Crippen MR) is 130 cm³/mol. The van der Waals surface area contributed by atoms with Crippen molar-refractivity contribution in [2.45, 2.75) is 27.3 Å². The predicted octanol–water partition coefficient (Wildman–Crippen LogP) is 4.59. The van der Waals surface area contributed by atoms with Crippen LogP contribution in [0.25, 0.3) is 11.3 Å². The zero-order valence-corrected chi connectivity index (χ0v) is 19.4. The molecule has 0 bridgehead atoms. The number of anilines is 2. The van der Waals surface area contributed by atoms with Crippen molar-refractivity contribution >= 4 is 34.1 Å². The summed E-state index contributed by atoms with van der Waals surface area (Å²) in [6, 6.07) is 16.7. The van der Waals surface area contributed by atoms with E-state index in [-0.39, 0.29) is 23.9 Å². The smallest absolute Gasteiger partial charge is 0.318 e. The van der Waals surface area contributed by atoms with Gasteiger partial charge in [-0.1, -0.05) is 63.2 Å². The number of nitrogens with two attached hydrogens (primary N) is 1. The van der Waals surface area contributed by atoms with Crippen LogP contribution in [0, 0.1) is 5.41 Å². The number of benzene rings is 2. The van der Waals surface area contributed by atoms with E-state index >= 15 is 0 Å². The molecule has 0 atom stereocenters. The molecule has 0 fully saturated rings. The van der Waals surface area contributed by atoms with Crippen molar-refractivity contribution < 1.29 is 9.59 Å². The average Bonchev–Trinajstić information content (AvgIpc) is 3.18. The molecular formula is C24H29N5O2S. The first-order valence-corrected chi connectivity index (χ1v) is 11.3. The third-order valence-electron chi connectivity index (χ3n) is 4.59. The lowest BCUT2D eigenvalue weighted by molar-refractivity contribution is -0.116. The van der Waals surface area contributed by atoms with Gasteiger partial charge in [0.25, 0.3) is 0 Å². The number of carbonyl (C=O) groups excluding carboxylic acids is 2. The summed E-state index contributed by atoms with van der Waals surface area (Å²) in [4.78, 5) is 31.3. The van der Waals surface area contributed by atoms with Gasteiger partial charge in [0.2, 0.25) is 5.91 Å². The van der Waals surface area contributed by atoms with E-state index in [0.717, 1.165) is 16.8 Å². The second kappa shape index (κ2) is 10.3. The summed E-state index contributed by atoms with van der Waals surface area (Å²) in [5.74, 6) is -0.266. The molecule has 2 aromatic carbocycles. The Morgan fingerprint density at radius 2 is 1.75 bits per heavy atom. The number of nitrogen functional groups attached to an aromatic ring is 1. The number of thiazole rings is 1. The van der Waals surface area contributed by atoms with Crippen molar-refractivity contribution in [2.75, 3.05) is 24.1 Å². The van der Waals surface area contributed by atoms with Crippen LogP contribution in [0.15, 0.2) is 60.0 Å². The zero-order chi connectivity index (χ0) is 23.1. The summed E-state index contributed by atoms with van der Waals surface area (Å²) < 4.78 is 0. The fraction of sp³-hybridized carbons (Fsp3) is 0.292. The van der Waals surface area contributed by atoms with Crippen LogP contribution in [0.5, 0.6) is 0 Å². The fourth-order valence-corrected chi connectivity index (χ4v) is 3.55. The molecule has 0 aliphatic heterocycles. The van der Waals surface area contributed by atoms with Gasteiger partial charge in [0.05, 0.1) is 5.69 Å². The number of amides is 3. The number of aromatic nitrogens is 1. The minimum atomic E-state index is -0.268. The van der Waals surface area contributed by atoms with Gasteiger partial charge in [-0.3, -0.25) is 4.79 Å². The van der Waals surface area contributed by atoms with Crippen LogP contribution in [-0.4, -0.2) is 34.9 Å². The van der Waals surface area contributed by atoms with Gasteiger partial charge in [0.1, 0.15) is 6.54 Å². The molecule has 0 saturated carbocycles. The maximum Gasteiger partial charge on any atom is 0.318 e. The lowest BCUT2D eigenvalue weighted by atomic mass is 9.97. The van der Waals surface area contributed by atoms with Gasteiger partial charge in [-0.15, -0.1) is 11.3 Å². The highest BCUT2D eigenvalue weighted by molar-refractivity contribution is 7.13. The van der Waals surface area contributed by atoms with Crippen molar-refractivity contribution in [3.63, 3.8) is 0 Å². The summed E-state index contributed by atoms with van der Waals surface area (Å²) in [6.07, 6.45) is 0. The Morgan fingerprint density at radius 3 is 2.34 bits per heavy atom. The Balaban J connectivity index is 1.65. The van der Waals surface area contributed by atoms with Gasteiger partial charge in [0, 0.05) is 29.7 Å². The molecule has 0 aliphatic carbocycles. The molecule has 4 N–H and O–H groups in total. The first-order valence-electron chi connectivity index (χ1n) is 10.4. The second-order valence-corrected chi connectivity index (χ2v) is 9.65. The Kier molecular flexibility index (Phi) is 7.48. The normalized spacial score (nSPS) is 11.1. The summed E-state index contributed by atoms with van der Waals surface area (Å²) in [6.45, 7) is 6.94. The van der Waals surface area contributed by atoms with E-state index in [2.05, 4.69) is 15.6 Å². The first kappa shape index (κ1) is 23.3. The number of hydrogen-bond donors (Lipinski definition) is 3. The third kappa shape index (κ3) is 7.09. The van der Waals surface area contributed by atoms with Crippen LogP contribution in [0.1, 0.15) is 26.3 Å². The Labute approximate surface area is 192 Å². The maximum atomic E-state index is 12.8. The molecule has 0 saturated heterocycles. The lowest BCUT2D eigenvalue weighted by Gasteiger charge is -2.26. The molecule has 168 valence electrons. The van der Waals surface area contributed by atoms with E-state index in [1.807, 2.05) is 80.7 Å². The number of nitrogens with zero attached hydrogens (tertiary/aromatic N) is 2. The minimum Gasteiger partial charge on any atom is -0.375 e. The van der Waals surface area contributed by atoms with Crippen LogP contribution < -0.4 is 16.4 Å². The monoisotopic (exact) mass is 451 g/mol. The Bertz CT molecular complexity index is 1040. The first-order chi connectivity index (χ1) is 15.2. The number of carbonyl (C=O) groups is 2. The highest BCUT2D eigenvalue weighted by atomic mass is 32.1. The van der Waals surface area contributed by atoms with Gasteiger partial charge < -0.3 is 21.3 Å². The van der Waals surface area contributed by atoms with Gasteiger partial charge in [-0.25, -0.2) is 9.78 Å². The molecule has 0 spiro atoms. The van der Waals surface area contributed by atoms with E-state index in [1.165, 1.54) is 16.2 Å². The number of urea groups is 1. The number of nitrogens with one attached hydrogen (secondary N) is 2. The van der Waals surface area contributed by atoms with E-state index in [4.69, 9.17) is 5.73 Å². The fourth-order valence-electron chi connectivity index (χ4n) is 2.97. The summed E-state index contributed by atoms with van der Waals surface area (Å²) in [5, 5.41) is 8.20.